The molecule has 2 aromatic heterocycles. The third kappa shape index (κ3) is 3.29. The third-order valence-electron chi connectivity index (χ3n) is 5.37. The molecule has 0 spiro atoms. The van der Waals surface area contributed by atoms with Crippen LogP contribution in [0.2, 0.25) is 0 Å². The van der Waals surface area contributed by atoms with Crippen LogP contribution in [-0.4, -0.2) is 51.4 Å². The van der Waals surface area contributed by atoms with Gasteiger partial charge in [-0.05, 0) is 38.5 Å². The molecule has 9 heteroatoms. The Morgan fingerprint density at radius 3 is 2.57 bits per heavy atom. The Balaban J connectivity index is 1.55. The summed E-state index contributed by atoms with van der Waals surface area (Å²) in [7, 11) is 0. The fourth-order valence-corrected chi connectivity index (χ4v) is 4.02. The number of amides is 1. The molecule has 2 saturated heterocycles. The molecule has 148 valence electrons. The number of rotatable bonds is 2. The summed E-state index contributed by atoms with van der Waals surface area (Å²) in [6.07, 6.45) is -2.86. The first kappa shape index (κ1) is 18.6. The van der Waals surface area contributed by atoms with Gasteiger partial charge >= 0.3 is 6.18 Å². The van der Waals surface area contributed by atoms with Crippen LogP contribution in [0.3, 0.4) is 0 Å². The van der Waals surface area contributed by atoms with Crippen molar-refractivity contribution in [2.45, 2.75) is 32.5 Å². The highest BCUT2D eigenvalue weighted by molar-refractivity contribution is 5.95. The zero-order valence-corrected chi connectivity index (χ0v) is 15.6. The van der Waals surface area contributed by atoms with Crippen LogP contribution >= 0.6 is 0 Å². The van der Waals surface area contributed by atoms with Crippen molar-refractivity contribution in [1.29, 1.82) is 0 Å². The second-order valence-corrected chi connectivity index (χ2v) is 7.37. The van der Waals surface area contributed by atoms with Gasteiger partial charge in [0.2, 0.25) is 5.95 Å². The maximum absolute atomic E-state index is 13.2. The summed E-state index contributed by atoms with van der Waals surface area (Å²) in [6.45, 7) is 5.39. The molecule has 2 aliphatic rings. The Kier molecular flexibility index (Phi) is 4.47. The third-order valence-corrected chi connectivity index (χ3v) is 5.37. The summed E-state index contributed by atoms with van der Waals surface area (Å²) in [5.74, 6) is 0.377. The molecule has 2 aromatic rings. The van der Waals surface area contributed by atoms with Gasteiger partial charge in [-0.2, -0.15) is 13.2 Å². The van der Waals surface area contributed by atoms with E-state index in [1.54, 1.807) is 0 Å². The van der Waals surface area contributed by atoms with Gasteiger partial charge in [-0.15, -0.1) is 0 Å². The molecule has 2 unspecified atom stereocenters. The van der Waals surface area contributed by atoms with E-state index in [-0.39, 0.29) is 6.04 Å². The van der Waals surface area contributed by atoms with Gasteiger partial charge in [0.1, 0.15) is 0 Å². The number of aryl methyl sites for hydroxylation is 2. The van der Waals surface area contributed by atoms with E-state index in [0.29, 0.717) is 25.0 Å². The molecule has 4 rings (SSSR count). The van der Waals surface area contributed by atoms with Gasteiger partial charge in [0.25, 0.3) is 5.91 Å². The topological polar surface area (TPSA) is 62.2 Å². The van der Waals surface area contributed by atoms with E-state index in [1.807, 2.05) is 24.8 Å². The average Bonchev–Trinajstić information content (AvgIpc) is 2.60. The number of nitrogens with zero attached hydrogens (tertiary/aromatic N) is 5. The molecule has 0 aliphatic carbocycles. The molecule has 0 aromatic carbocycles. The van der Waals surface area contributed by atoms with Gasteiger partial charge < -0.3 is 9.80 Å². The number of fused-ring (bicyclic) bond motifs is 1. The van der Waals surface area contributed by atoms with Crippen LogP contribution in [0.25, 0.3) is 0 Å². The molecule has 28 heavy (non-hydrogen) atoms. The van der Waals surface area contributed by atoms with E-state index < -0.39 is 23.3 Å². The van der Waals surface area contributed by atoms with E-state index in [0.717, 1.165) is 30.6 Å². The number of anilines is 1. The highest BCUT2D eigenvalue weighted by atomic mass is 19.4. The number of carbonyl (C=O) groups excluding carboxylic acids is 1. The number of halogens is 3. The van der Waals surface area contributed by atoms with Crippen molar-refractivity contribution >= 4 is 11.9 Å². The van der Waals surface area contributed by atoms with Crippen LogP contribution < -0.4 is 4.90 Å². The quantitative estimate of drug-likeness (QED) is 0.788. The normalized spacial score (nSPS) is 21.9. The molecule has 2 aliphatic heterocycles. The Bertz CT molecular complexity index is 896. The molecule has 0 N–H and O–H groups in total. The Morgan fingerprint density at radius 1 is 1.18 bits per heavy atom. The second kappa shape index (κ2) is 6.72. The van der Waals surface area contributed by atoms with Crippen LogP contribution in [0.1, 0.15) is 33.9 Å². The summed E-state index contributed by atoms with van der Waals surface area (Å²) >= 11 is 0. The van der Waals surface area contributed by atoms with E-state index in [1.165, 1.54) is 17.0 Å². The largest absolute Gasteiger partial charge is 0.434 e. The second-order valence-electron chi connectivity index (χ2n) is 7.37. The molecule has 6 nitrogen and oxygen atoms in total. The van der Waals surface area contributed by atoms with Crippen LogP contribution in [0, 0.1) is 19.8 Å². The van der Waals surface area contributed by atoms with Gasteiger partial charge in [-0.1, -0.05) is 0 Å². The first-order valence-electron chi connectivity index (χ1n) is 9.14. The number of aromatic nitrogens is 3. The number of likely N-dealkylation sites (tertiary alicyclic amines) is 1. The minimum absolute atomic E-state index is 0.0184. The SMILES string of the molecule is Cc1cc(C)nc(N2CC3CCN(C(=O)c4cccnc4C(F)(F)F)CC32)n1. The molecule has 2 fully saturated rings. The van der Waals surface area contributed by atoms with Crippen molar-refractivity contribution in [3.8, 4) is 0 Å². The predicted octanol–water partition coefficient (Wildman–Crippen LogP) is 2.86. The molecule has 1 amide bonds. The average molecular weight is 391 g/mol. The Morgan fingerprint density at radius 2 is 1.89 bits per heavy atom. The number of hydrogen-bond donors (Lipinski definition) is 0. The van der Waals surface area contributed by atoms with Crippen LogP contribution in [-0.2, 0) is 6.18 Å². The van der Waals surface area contributed by atoms with Gasteiger partial charge in [0, 0.05) is 43.1 Å². The summed E-state index contributed by atoms with van der Waals surface area (Å²) in [5, 5.41) is 0. The number of pyridine rings is 1. The van der Waals surface area contributed by atoms with E-state index >= 15 is 0 Å². The smallest absolute Gasteiger partial charge is 0.336 e. The molecule has 0 bridgehead atoms. The summed E-state index contributed by atoms with van der Waals surface area (Å²) in [6, 6.07) is 4.45. The minimum Gasteiger partial charge on any atom is -0.336 e. The number of carbonyl (C=O) groups is 1. The highest BCUT2D eigenvalue weighted by Crippen LogP contribution is 2.36. The summed E-state index contributed by atoms with van der Waals surface area (Å²) in [4.78, 5) is 28.7. The van der Waals surface area contributed by atoms with E-state index in [9.17, 15) is 18.0 Å². The molecular formula is C19H20F3N5O. The summed E-state index contributed by atoms with van der Waals surface area (Å²) in [5.41, 5.74) is 0.187. The predicted molar refractivity (Wildman–Crippen MR) is 95.9 cm³/mol. The van der Waals surface area contributed by atoms with Crippen molar-refractivity contribution < 1.29 is 18.0 Å². The number of alkyl halides is 3. The lowest BCUT2D eigenvalue weighted by atomic mass is 9.82. The number of piperidine rings is 1. The van der Waals surface area contributed by atoms with Crippen LogP contribution in [0.4, 0.5) is 19.1 Å². The highest BCUT2D eigenvalue weighted by Gasteiger charge is 2.46. The lowest BCUT2D eigenvalue weighted by Crippen LogP contribution is -2.65. The molecule has 4 heterocycles. The van der Waals surface area contributed by atoms with Crippen molar-refractivity contribution in [1.82, 2.24) is 19.9 Å². The monoisotopic (exact) mass is 391 g/mol. The molecule has 0 radical (unpaired) electrons. The Labute approximate surface area is 160 Å². The Hall–Kier alpha value is -2.71. The summed E-state index contributed by atoms with van der Waals surface area (Å²) < 4.78 is 39.7. The lowest BCUT2D eigenvalue weighted by molar-refractivity contribution is -0.141. The van der Waals surface area contributed by atoms with Gasteiger partial charge in [0.15, 0.2) is 5.69 Å². The van der Waals surface area contributed by atoms with Crippen molar-refractivity contribution in [3.63, 3.8) is 0 Å². The fraction of sp³-hybridized carbons (Fsp3) is 0.474. The van der Waals surface area contributed by atoms with Gasteiger partial charge in [0.05, 0.1) is 11.6 Å². The van der Waals surface area contributed by atoms with Crippen molar-refractivity contribution in [2.24, 2.45) is 5.92 Å². The van der Waals surface area contributed by atoms with Gasteiger partial charge in [-0.25, -0.2) is 9.97 Å². The van der Waals surface area contributed by atoms with Gasteiger partial charge in [-0.3, -0.25) is 9.78 Å². The van der Waals surface area contributed by atoms with Crippen LogP contribution in [0.5, 0.6) is 0 Å². The minimum atomic E-state index is -4.67. The molecule has 2 atom stereocenters. The van der Waals surface area contributed by atoms with Crippen molar-refractivity contribution in [3.05, 3.63) is 47.0 Å². The van der Waals surface area contributed by atoms with Crippen LogP contribution in [0.15, 0.2) is 24.4 Å². The maximum atomic E-state index is 13.2. The first-order valence-corrected chi connectivity index (χ1v) is 9.14. The molecular weight excluding hydrogens is 371 g/mol. The standard InChI is InChI=1S/C19H20F3N5O/c1-11-8-12(2)25-18(24-11)27-9-13-5-7-26(10-15(13)27)17(28)14-4-3-6-23-16(14)19(20,21)22/h3-4,6,8,13,15H,5,7,9-10H2,1-2H3. The van der Waals surface area contributed by atoms with Crippen molar-refractivity contribution in [2.75, 3.05) is 24.5 Å². The fourth-order valence-electron chi connectivity index (χ4n) is 4.02. The zero-order valence-electron chi connectivity index (χ0n) is 15.6. The van der Waals surface area contributed by atoms with E-state index in [2.05, 4.69) is 15.0 Å². The molecule has 0 saturated carbocycles. The zero-order chi connectivity index (χ0) is 20.1. The maximum Gasteiger partial charge on any atom is 0.434 e. The van der Waals surface area contributed by atoms with E-state index in [4.69, 9.17) is 0 Å². The first-order chi connectivity index (χ1) is 13.2. The number of hydrogen-bond acceptors (Lipinski definition) is 5. The lowest BCUT2D eigenvalue weighted by Gasteiger charge is -2.53.